The molecule has 2 aliphatic heterocycles. The number of amides is 2. The molecule has 2 fully saturated rings. The first-order valence-electron chi connectivity index (χ1n) is 11.7. The number of hydrogen-bond acceptors (Lipinski definition) is 4. The van der Waals surface area contributed by atoms with Crippen LogP contribution < -0.4 is 4.74 Å². The molecular formula is C25H37ClN2O4. The number of nitrogens with zero attached hydrogens (tertiary/aromatic N) is 2. The Morgan fingerprint density at radius 2 is 1.78 bits per heavy atom. The number of rotatable bonds is 6. The quantitative estimate of drug-likeness (QED) is 0.691. The number of aryl methyl sites for hydroxylation is 2. The largest absolute Gasteiger partial charge is 0.493 e. The number of hydrogen-bond donors (Lipinski definition) is 1. The molecule has 0 unspecified atom stereocenters. The van der Waals surface area contributed by atoms with Crippen molar-refractivity contribution in [1.29, 1.82) is 0 Å². The zero-order chi connectivity index (χ0) is 23.5. The molecule has 3 rings (SSSR count). The van der Waals surface area contributed by atoms with Crippen LogP contribution in [0.1, 0.15) is 57.1 Å². The topological polar surface area (TPSA) is 70.1 Å². The Labute approximate surface area is 196 Å². The molecule has 0 aliphatic carbocycles. The Hall–Kier alpha value is -1.79. The van der Waals surface area contributed by atoms with Crippen molar-refractivity contribution in [2.45, 2.75) is 65.9 Å². The van der Waals surface area contributed by atoms with Gasteiger partial charge in [-0.25, -0.2) is 0 Å². The number of ether oxygens (including phenoxy) is 1. The zero-order valence-corrected chi connectivity index (χ0v) is 20.6. The van der Waals surface area contributed by atoms with Gasteiger partial charge in [-0.05, 0) is 62.8 Å². The Bertz CT molecular complexity index is 812. The highest BCUT2D eigenvalue weighted by Gasteiger charge is 2.41. The standard InChI is InChI=1S/C25H37ClN2O4/c1-17(2)24(31)28-9-5-8-25(15-28,14-22(30)27-10-6-20(29)7-11-27)16-32-21-12-18(3)23(26)19(4)13-21/h12-13,17,20,29H,5-11,14-16H2,1-4H3/t25-/m0/s1. The maximum atomic E-state index is 13.2. The minimum atomic E-state index is -0.433. The first kappa shape index (κ1) is 24.8. The lowest BCUT2D eigenvalue weighted by Crippen LogP contribution is -2.52. The average Bonchev–Trinajstić information content (AvgIpc) is 2.76. The SMILES string of the molecule is Cc1cc(OC[C@]2(CC(=O)N3CCC(O)CC3)CCCN(C(=O)C(C)C)C2)cc(C)c1Cl. The van der Waals surface area contributed by atoms with Crippen molar-refractivity contribution in [3.8, 4) is 5.75 Å². The van der Waals surface area contributed by atoms with Gasteiger partial charge in [0.2, 0.25) is 11.8 Å². The molecule has 1 N–H and O–H groups in total. The summed E-state index contributed by atoms with van der Waals surface area (Å²) in [5.41, 5.74) is 1.48. The van der Waals surface area contributed by atoms with Crippen LogP contribution in [0.4, 0.5) is 0 Å². The molecule has 1 atom stereocenters. The number of halogens is 1. The molecule has 2 saturated heterocycles. The van der Waals surface area contributed by atoms with E-state index in [-0.39, 0.29) is 23.8 Å². The summed E-state index contributed by atoms with van der Waals surface area (Å²) in [6.45, 7) is 10.5. The molecule has 1 aromatic rings. The normalized spacial score (nSPS) is 22.3. The second kappa shape index (κ2) is 10.4. The van der Waals surface area contributed by atoms with Crippen molar-refractivity contribution in [3.63, 3.8) is 0 Å². The maximum absolute atomic E-state index is 13.2. The van der Waals surface area contributed by atoms with Crippen molar-refractivity contribution in [1.82, 2.24) is 9.80 Å². The number of carbonyl (C=O) groups excluding carboxylic acids is 2. The van der Waals surface area contributed by atoms with Gasteiger partial charge in [-0.2, -0.15) is 0 Å². The fourth-order valence-corrected chi connectivity index (χ4v) is 4.96. The molecule has 0 bridgehead atoms. The molecule has 0 saturated carbocycles. The predicted molar refractivity (Wildman–Crippen MR) is 126 cm³/mol. The minimum Gasteiger partial charge on any atom is -0.493 e. The third kappa shape index (κ3) is 5.96. The highest BCUT2D eigenvalue weighted by atomic mass is 35.5. The molecule has 7 heteroatoms. The number of benzene rings is 1. The molecule has 32 heavy (non-hydrogen) atoms. The van der Waals surface area contributed by atoms with Crippen LogP contribution >= 0.6 is 11.6 Å². The van der Waals surface area contributed by atoms with Gasteiger partial charge in [0.05, 0.1) is 12.7 Å². The number of aliphatic hydroxyl groups excluding tert-OH is 1. The van der Waals surface area contributed by atoms with E-state index in [4.69, 9.17) is 16.3 Å². The molecule has 1 aromatic carbocycles. The zero-order valence-electron chi connectivity index (χ0n) is 19.8. The first-order valence-corrected chi connectivity index (χ1v) is 12.1. The summed E-state index contributed by atoms with van der Waals surface area (Å²) in [6.07, 6.45) is 2.96. The van der Waals surface area contributed by atoms with Gasteiger partial charge in [0, 0.05) is 49.0 Å². The Morgan fingerprint density at radius 3 is 2.38 bits per heavy atom. The van der Waals surface area contributed by atoms with Crippen molar-refractivity contribution >= 4 is 23.4 Å². The number of likely N-dealkylation sites (tertiary alicyclic amines) is 2. The molecule has 2 heterocycles. The molecular weight excluding hydrogens is 428 g/mol. The minimum absolute atomic E-state index is 0.0763. The van der Waals surface area contributed by atoms with Gasteiger partial charge >= 0.3 is 0 Å². The monoisotopic (exact) mass is 464 g/mol. The van der Waals surface area contributed by atoms with E-state index in [9.17, 15) is 14.7 Å². The van der Waals surface area contributed by atoms with E-state index in [1.54, 1.807) is 0 Å². The van der Waals surface area contributed by atoms with E-state index in [0.29, 0.717) is 45.5 Å². The third-order valence-corrected chi connectivity index (χ3v) is 7.36. The maximum Gasteiger partial charge on any atom is 0.225 e. The van der Waals surface area contributed by atoms with Gasteiger partial charge in [0.15, 0.2) is 0 Å². The van der Waals surface area contributed by atoms with E-state index < -0.39 is 5.41 Å². The van der Waals surface area contributed by atoms with Gasteiger partial charge < -0.3 is 19.6 Å². The second-order valence-corrected chi connectivity index (χ2v) is 10.3. The fraction of sp³-hybridized carbons (Fsp3) is 0.680. The van der Waals surface area contributed by atoms with Crippen LogP contribution in [0.15, 0.2) is 12.1 Å². The lowest BCUT2D eigenvalue weighted by atomic mass is 9.77. The van der Waals surface area contributed by atoms with Gasteiger partial charge in [-0.3, -0.25) is 9.59 Å². The Kier molecular flexibility index (Phi) is 8.10. The van der Waals surface area contributed by atoms with Crippen molar-refractivity contribution in [3.05, 3.63) is 28.3 Å². The van der Waals surface area contributed by atoms with Crippen LogP contribution in [0.25, 0.3) is 0 Å². The van der Waals surface area contributed by atoms with Crippen LogP contribution in [-0.4, -0.2) is 65.6 Å². The first-order chi connectivity index (χ1) is 15.1. The summed E-state index contributed by atoms with van der Waals surface area (Å²) in [5.74, 6) is 0.876. The summed E-state index contributed by atoms with van der Waals surface area (Å²) in [7, 11) is 0. The van der Waals surface area contributed by atoms with E-state index in [2.05, 4.69) is 0 Å². The van der Waals surface area contributed by atoms with Gasteiger partial charge in [-0.1, -0.05) is 25.4 Å². The van der Waals surface area contributed by atoms with Gasteiger partial charge in [-0.15, -0.1) is 0 Å². The summed E-state index contributed by atoms with van der Waals surface area (Å²) in [5, 5.41) is 10.5. The van der Waals surface area contributed by atoms with E-state index in [1.807, 2.05) is 49.6 Å². The Balaban J connectivity index is 1.78. The summed E-state index contributed by atoms with van der Waals surface area (Å²) >= 11 is 6.31. The average molecular weight is 465 g/mol. The highest BCUT2D eigenvalue weighted by molar-refractivity contribution is 6.32. The molecule has 6 nitrogen and oxygen atoms in total. The summed E-state index contributed by atoms with van der Waals surface area (Å²) in [6, 6.07) is 3.85. The number of piperidine rings is 2. The molecule has 0 radical (unpaired) electrons. The molecule has 178 valence electrons. The lowest BCUT2D eigenvalue weighted by molar-refractivity contribution is -0.144. The van der Waals surface area contributed by atoms with Crippen molar-refractivity contribution in [2.75, 3.05) is 32.8 Å². The molecule has 0 spiro atoms. The number of aliphatic hydroxyl groups is 1. The van der Waals surface area contributed by atoms with Gasteiger partial charge in [0.25, 0.3) is 0 Å². The summed E-state index contributed by atoms with van der Waals surface area (Å²) < 4.78 is 6.25. The van der Waals surface area contributed by atoms with Crippen LogP contribution in [0.3, 0.4) is 0 Å². The Morgan fingerprint density at radius 1 is 1.16 bits per heavy atom. The smallest absolute Gasteiger partial charge is 0.225 e. The third-order valence-electron chi connectivity index (χ3n) is 6.77. The molecule has 0 aromatic heterocycles. The van der Waals surface area contributed by atoms with E-state index >= 15 is 0 Å². The summed E-state index contributed by atoms with van der Waals surface area (Å²) in [4.78, 5) is 29.7. The molecule has 2 amide bonds. The van der Waals surface area contributed by atoms with E-state index in [1.165, 1.54) is 0 Å². The van der Waals surface area contributed by atoms with Crippen LogP contribution in [0, 0.1) is 25.2 Å². The lowest BCUT2D eigenvalue weighted by Gasteiger charge is -2.44. The van der Waals surface area contributed by atoms with E-state index in [0.717, 1.165) is 41.3 Å². The predicted octanol–water partition coefficient (Wildman–Crippen LogP) is 3.97. The van der Waals surface area contributed by atoms with Gasteiger partial charge in [0.1, 0.15) is 5.75 Å². The fourth-order valence-electron chi connectivity index (χ4n) is 4.85. The van der Waals surface area contributed by atoms with Crippen LogP contribution in [0.2, 0.25) is 5.02 Å². The van der Waals surface area contributed by atoms with Crippen LogP contribution in [0.5, 0.6) is 5.75 Å². The van der Waals surface area contributed by atoms with Crippen LogP contribution in [-0.2, 0) is 9.59 Å². The molecule has 2 aliphatic rings. The highest BCUT2D eigenvalue weighted by Crippen LogP contribution is 2.37. The van der Waals surface area contributed by atoms with Crippen molar-refractivity contribution in [2.24, 2.45) is 11.3 Å². The van der Waals surface area contributed by atoms with Crippen molar-refractivity contribution < 1.29 is 19.4 Å². The second-order valence-electron chi connectivity index (χ2n) is 9.97. The number of carbonyl (C=O) groups is 2.